The highest BCUT2D eigenvalue weighted by Gasteiger charge is 2.40. The van der Waals surface area contributed by atoms with Crippen LogP contribution in [0.4, 0.5) is 5.69 Å². The fourth-order valence-electron chi connectivity index (χ4n) is 4.61. The maximum Gasteiger partial charge on any atom is 0.170 e. The first kappa shape index (κ1) is 20.8. The molecule has 0 unspecified atom stereocenters. The molecule has 0 bridgehead atoms. The normalized spacial score (nSPS) is 22.6. The lowest BCUT2D eigenvalue weighted by Gasteiger charge is -2.41. The smallest absolute Gasteiger partial charge is 0.170 e. The second kappa shape index (κ2) is 8.00. The van der Waals surface area contributed by atoms with Crippen molar-refractivity contribution >= 4 is 28.6 Å². The van der Waals surface area contributed by atoms with E-state index in [0.717, 1.165) is 5.69 Å². The van der Waals surface area contributed by atoms with Gasteiger partial charge < -0.3 is 20.2 Å². The van der Waals surface area contributed by atoms with Gasteiger partial charge in [-0.3, -0.25) is 4.98 Å². The van der Waals surface area contributed by atoms with Gasteiger partial charge in [0.05, 0.1) is 23.3 Å². The van der Waals surface area contributed by atoms with Crippen LogP contribution in [0, 0.1) is 0 Å². The zero-order chi connectivity index (χ0) is 21.5. The summed E-state index contributed by atoms with van der Waals surface area (Å²) in [6.45, 7) is 7.51. The van der Waals surface area contributed by atoms with Crippen molar-refractivity contribution in [3.63, 3.8) is 0 Å². The van der Waals surface area contributed by atoms with E-state index in [1.165, 1.54) is 22.4 Å². The molecule has 2 N–H and O–H groups in total. The van der Waals surface area contributed by atoms with Gasteiger partial charge in [0, 0.05) is 37.6 Å². The summed E-state index contributed by atoms with van der Waals surface area (Å²) in [6.07, 6.45) is 4.83. The number of benzene rings is 1. The monoisotopic (exact) mass is 422 g/mol. The molecule has 0 aliphatic carbocycles. The topological polar surface area (TPSA) is 51.6 Å². The average molecular weight is 423 g/mol. The first-order chi connectivity index (χ1) is 14.3. The van der Waals surface area contributed by atoms with E-state index >= 15 is 0 Å². The van der Waals surface area contributed by atoms with Crippen LogP contribution in [0.2, 0.25) is 0 Å². The van der Waals surface area contributed by atoms with Crippen molar-refractivity contribution in [1.29, 1.82) is 0 Å². The number of aliphatic hydroxyl groups is 1. The van der Waals surface area contributed by atoms with Crippen LogP contribution < -0.4 is 10.2 Å². The Morgan fingerprint density at radius 3 is 2.73 bits per heavy atom. The second-order valence-electron chi connectivity index (χ2n) is 8.71. The molecular weight excluding hydrogens is 392 g/mol. The lowest BCUT2D eigenvalue weighted by atomic mass is 9.86. The molecule has 0 spiro atoms. The maximum absolute atomic E-state index is 9.41. The summed E-state index contributed by atoms with van der Waals surface area (Å²) in [4.78, 5) is 9.13. The summed E-state index contributed by atoms with van der Waals surface area (Å²) in [6, 6.07) is 12.7. The predicted octanol–water partition coefficient (Wildman–Crippen LogP) is 4.07. The number of likely N-dealkylation sites (N-methyl/N-ethyl adjacent to an activating group) is 1. The lowest BCUT2D eigenvalue weighted by molar-refractivity contribution is 0.247. The predicted molar refractivity (Wildman–Crippen MR) is 126 cm³/mol. The van der Waals surface area contributed by atoms with E-state index < -0.39 is 0 Å². The number of thiocarbonyl (C=S) groups is 1. The first-order valence-corrected chi connectivity index (χ1v) is 10.9. The van der Waals surface area contributed by atoms with Gasteiger partial charge in [-0.15, -0.1) is 0 Å². The van der Waals surface area contributed by atoms with E-state index in [1.807, 2.05) is 24.4 Å². The van der Waals surface area contributed by atoms with Gasteiger partial charge in [-0.25, -0.2) is 0 Å². The zero-order valence-electron chi connectivity index (χ0n) is 18.1. The SMILES string of the molecule is CC1=CC(C)(C)N(C)c2ccc([C@@H]3[C@H](c4ccccn4)NC(=S)N3CCCO)cc21. The molecule has 1 saturated heterocycles. The third-order valence-corrected chi connectivity index (χ3v) is 6.69. The minimum atomic E-state index is -0.0301. The molecule has 2 atom stereocenters. The van der Waals surface area contributed by atoms with E-state index in [2.05, 4.69) is 72.2 Å². The number of fused-ring (bicyclic) bond motifs is 1. The summed E-state index contributed by atoms with van der Waals surface area (Å²) < 4.78 is 0. The molecule has 2 aromatic rings. The molecule has 1 fully saturated rings. The quantitative estimate of drug-likeness (QED) is 0.709. The molecule has 0 amide bonds. The van der Waals surface area contributed by atoms with Gasteiger partial charge in [-0.05, 0) is 74.8 Å². The Hall–Kier alpha value is -2.44. The Bertz CT molecular complexity index is 972. The molecule has 5 nitrogen and oxygen atoms in total. The largest absolute Gasteiger partial charge is 0.396 e. The van der Waals surface area contributed by atoms with Gasteiger partial charge in [-0.2, -0.15) is 0 Å². The highest BCUT2D eigenvalue weighted by molar-refractivity contribution is 7.80. The number of rotatable bonds is 5. The van der Waals surface area contributed by atoms with Crippen molar-refractivity contribution in [2.75, 3.05) is 25.1 Å². The fraction of sp³-hybridized carbons (Fsp3) is 0.417. The highest BCUT2D eigenvalue weighted by atomic mass is 32.1. The van der Waals surface area contributed by atoms with Gasteiger partial charge >= 0.3 is 0 Å². The Kier molecular flexibility index (Phi) is 5.55. The molecular formula is C24H30N4OS. The van der Waals surface area contributed by atoms with Crippen LogP contribution in [0.3, 0.4) is 0 Å². The Morgan fingerprint density at radius 2 is 2.03 bits per heavy atom. The van der Waals surface area contributed by atoms with E-state index in [9.17, 15) is 5.11 Å². The number of hydrogen-bond donors (Lipinski definition) is 2. The van der Waals surface area contributed by atoms with Gasteiger partial charge in [0.1, 0.15) is 0 Å². The van der Waals surface area contributed by atoms with Crippen molar-refractivity contribution in [2.45, 2.75) is 44.8 Å². The minimum Gasteiger partial charge on any atom is -0.396 e. The number of allylic oxidation sites excluding steroid dienone is 1. The number of aliphatic hydroxyl groups excluding tert-OH is 1. The standard InChI is InChI=1S/C24H30N4OS/c1-16-15-24(2,3)27(4)20-10-9-17(14-18(16)20)22-21(19-8-5-6-11-25-19)26-23(30)28(22)12-7-13-29/h5-6,8-11,14-15,21-22,29H,7,12-13H2,1-4H3,(H,26,30)/t21-,22+/m0/s1. The lowest BCUT2D eigenvalue weighted by Crippen LogP contribution is -2.42. The Morgan fingerprint density at radius 1 is 1.23 bits per heavy atom. The molecule has 0 saturated carbocycles. The maximum atomic E-state index is 9.41. The summed E-state index contributed by atoms with van der Waals surface area (Å²) in [5.41, 5.74) is 5.95. The summed E-state index contributed by atoms with van der Waals surface area (Å²) in [7, 11) is 2.15. The van der Waals surface area contributed by atoms with Crippen LogP contribution in [0.15, 0.2) is 48.7 Å². The van der Waals surface area contributed by atoms with E-state index in [1.54, 1.807) is 0 Å². The van der Waals surface area contributed by atoms with Gasteiger partial charge in [0.25, 0.3) is 0 Å². The van der Waals surface area contributed by atoms with Crippen LogP contribution in [0.1, 0.15) is 56.1 Å². The van der Waals surface area contributed by atoms with Crippen molar-refractivity contribution in [3.8, 4) is 0 Å². The summed E-state index contributed by atoms with van der Waals surface area (Å²) in [5, 5.41) is 13.6. The molecule has 0 radical (unpaired) electrons. The number of aromatic nitrogens is 1. The van der Waals surface area contributed by atoms with Crippen molar-refractivity contribution in [3.05, 3.63) is 65.5 Å². The molecule has 6 heteroatoms. The molecule has 3 heterocycles. The molecule has 2 aliphatic heterocycles. The van der Waals surface area contributed by atoms with Gasteiger partial charge in [-0.1, -0.05) is 18.2 Å². The third-order valence-electron chi connectivity index (χ3n) is 6.34. The molecule has 30 heavy (non-hydrogen) atoms. The van der Waals surface area contributed by atoms with E-state index in [-0.39, 0.29) is 24.2 Å². The summed E-state index contributed by atoms with van der Waals surface area (Å²) >= 11 is 5.69. The molecule has 1 aromatic heterocycles. The first-order valence-electron chi connectivity index (χ1n) is 10.5. The van der Waals surface area contributed by atoms with Crippen molar-refractivity contribution in [2.24, 2.45) is 0 Å². The van der Waals surface area contributed by atoms with Crippen LogP contribution in [0.25, 0.3) is 5.57 Å². The summed E-state index contributed by atoms with van der Waals surface area (Å²) in [5.74, 6) is 0. The molecule has 1 aromatic carbocycles. The number of anilines is 1. The van der Waals surface area contributed by atoms with Gasteiger partial charge in [0.2, 0.25) is 0 Å². The van der Waals surface area contributed by atoms with Crippen molar-refractivity contribution in [1.82, 2.24) is 15.2 Å². The van der Waals surface area contributed by atoms with Crippen LogP contribution >= 0.6 is 12.2 Å². The van der Waals surface area contributed by atoms with Crippen molar-refractivity contribution < 1.29 is 5.11 Å². The fourth-order valence-corrected chi connectivity index (χ4v) is 4.94. The van der Waals surface area contributed by atoms with Gasteiger partial charge in [0.15, 0.2) is 5.11 Å². The number of nitrogens with zero attached hydrogens (tertiary/aromatic N) is 3. The zero-order valence-corrected chi connectivity index (χ0v) is 18.9. The van der Waals surface area contributed by atoms with E-state index in [0.29, 0.717) is 18.1 Å². The third kappa shape index (κ3) is 3.59. The minimum absolute atomic E-state index is 0.0151. The molecule has 2 aliphatic rings. The average Bonchev–Trinajstić information content (AvgIpc) is 3.06. The molecule has 4 rings (SSSR count). The number of hydrogen-bond acceptors (Lipinski definition) is 4. The molecule has 158 valence electrons. The number of pyridine rings is 1. The van der Waals surface area contributed by atoms with Crippen LogP contribution in [0.5, 0.6) is 0 Å². The Balaban J connectivity index is 1.79. The highest BCUT2D eigenvalue weighted by Crippen LogP contribution is 2.43. The van der Waals surface area contributed by atoms with Crippen LogP contribution in [-0.4, -0.2) is 45.8 Å². The van der Waals surface area contributed by atoms with E-state index in [4.69, 9.17) is 12.2 Å². The second-order valence-corrected chi connectivity index (χ2v) is 9.10. The number of nitrogens with one attached hydrogen (secondary N) is 1. The Labute approximate surface area is 184 Å². The van der Waals surface area contributed by atoms with Crippen LogP contribution in [-0.2, 0) is 0 Å².